The number of aliphatic carboxylic acids is 1. The Labute approximate surface area is 120 Å². The Bertz CT molecular complexity index is 389. The topological polar surface area (TPSA) is 69.6 Å². The maximum Gasteiger partial charge on any atom is 0.303 e. The fraction of sp³-hybridized carbons (Fsp3) is 0.562. The second kappa shape index (κ2) is 9.50. The molecule has 0 saturated heterocycles. The maximum absolute atomic E-state index is 10.3. The van der Waals surface area contributed by atoms with Crippen LogP contribution in [0.15, 0.2) is 24.3 Å². The third-order valence-corrected chi connectivity index (χ3v) is 3.35. The summed E-state index contributed by atoms with van der Waals surface area (Å²) in [6.07, 6.45) is 3.32. The van der Waals surface area contributed by atoms with E-state index in [9.17, 15) is 9.90 Å². The van der Waals surface area contributed by atoms with Gasteiger partial charge in [0.25, 0.3) is 0 Å². The summed E-state index contributed by atoms with van der Waals surface area (Å²) in [7, 11) is 0. The van der Waals surface area contributed by atoms with Crippen molar-refractivity contribution in [3.63, 3.8) is 0 Å². The third kappa shape index (κ3) is 6.68. The quantitative estimate of drug-likeness (QED) is 0.576. The average Bonchev–Trinajstić information content (AvgIpc) is 2.45. The Balaban J connectivity index is 2.13. The van der Waals surface area contributed by atoms with Gasteiger partial charge in [-0.25, -0.2) is 0 Å². The first-order valence-corrected chi connectivity index (χ1v) is 7.33. The second-order valence-electron chi connectivity index (χ2n) is 5.02. The molecule has 1 aromatic carbocycles. The Morgan fingerprint density at radius 1 is 1.20 bits per heavy atom. The van der Waals surface area contributed by atoms with Crippen molar-refractivity contribution in [2.75, 3.05) is 13.1 Å². The first kappa shape index (κ1) is 16.7. The normalized spacial score (nSPS) is 12.3. The van der Waals surface area contributed by atoms with Crippen LogP contribution in [0.5, 0.6) is 0 Å². The molecule has 0 aliphatic rings. The molecule has 3 N–H and O–H groups in total. The number of carboxylic acid groups (broad SMARTS) is 1. The number of carboxylic acids is 1. The Kier molecular flexibility index (Phi) is 7.92. The van der Waals surface area contributed by atoms with Gasteiger partial charge in [-0.15, -0.1) is 0 Å². The highest BCUT2D eigenvalue weighted by Gasteiger charge is 2.06. The van der Waals surface area contributed by atoms with E-state index in [0.29, 0.717) is 6.54 Å². The molecule has 0 radical (unpaired) electrons. The third-order valence-electron chi connectivity index (χ3n) is 3.35. The van der Waals surface area contributed by atoms with E-state index in [4.69, 9.17) is 5.11 Å². The summed E-state index contributed by atoms with van der Waals surface area (Å²) < 4.78 is 0. The van der Waals surface area contributed by atoms with E-state index in [-0.39, 0.29) is 6.42 Å². The predicted molar refractivity (Wildman–Crippen MR) is 79.8 cm³/mol. The molecule has 0 amide bonds. The van der Waals surface area contributed by atoms with Crippen LogP contribution >= 0.6 is 0 Å². The minimum Gasteiger partial charge on any atom is -0.481 e. The number of nitrogens with one attached hydrogen (secondary N) is 1. The molecule has 1 unspecified atom stereocenters. The molecule has 4 heteroatoms. The number of carbonyl (C=O) groups is 1. The van der Waals surface area contributed by atoms with E-state index in [1.165, 1.54) is 5.56 Å². The van der Waals surface area contributed by atoms with Gasteiger partial charge >= 0.3 is 5.97 Å². The van der Waals surface area contributed by atoms with Crippen LogP contribution in [-0.2, 0) is 11.2 Å². The average molecular weight is 279 g/mol. The molecule has 0 saturated carbocycles. The van der Waals surface area contributed by atoms with Crippen LogP contribution in [0.1, 0.15) is 49.8 Å². The number of benzene rings is 1. The van der Waals surface area contributed by atoms with E-state index in [2.05, 4.69) is 12.2 Å². The van der Waals surface area contributed by atoms with E-state index in [1.54, 1.807) is 0 Å². The molecule has 1 rings (SSSR count). The zero-order valence-electron chi connectivity index (χ0n) is 12.1. The second-order valence-corrected chi connectivity index (χ2v) is 5.02. The summed E-state index contributed by atoms with van der Waals surface area (Å²) in [6.45, 7) is 3.45. The monoisotopic (exact) mass is 279 g/mol. The largest absolute Gasteiger partial charge is 0.481 e. The number of aliphatic hydroxyl groups excluding tert-OH is 1. The molecule has 112 valence electrons. The van der Waals surface area contributed by atoms with Crippen LogP contribution in [0.2, 0.25) is 0 Å². The van der Waals surface area contributed by atoms with Crippen molar-refractivity contribution in [1.29, 1.82) is 0 Å². The number of unbranched alkanes of at least 4 members (excludes halogenated alkanes) is 2. The zero-order valence-corrected chi connectivity index (χ0v) is 12.1. The summed E-state index contributed by atoms with van der Waals surface area (Å²) in [5.74, 6) is -0.732. The van der Waals surface area contributed by atoms with Gasteiger partial charge in [0.2, 0.25) is 0 Å². The van der Waals surface area contributed by atoms with Crippen LogP contribution in [0.4, 0.5) is 0 Å². The van der Waals surface area contributed by atoms with Crippen LogP contribution < -0.4 is 5.32 Å². The highest BCUT2D eigenvalue weighted by Crippen LogP contribution is 2.13. The highest BCUT2D eigenvalue weighted by atomic mass is 16.4. The Morgan fingerprint density at radius 3 is 2.50 bits per heavy atom. The molecule has 20 heavy (non-hydrogen) atoms. The van der Waals surface area contributed by atoms with E-state index in [0.717, 1.165) is 37.8 Å². The molecule has 0 spiro atoms. The van der Waals surface area contributed by atoms with E-state index >= 15 is 0 Å². The first-order valence-electron chi connectivity index (χ1n) is 7.33. The van der Waals surface area contributed by atoms with Crippen molar-refractivity contribution >= 4 is 5.97 Å². The molecule has 0 aromatic heterocycles. The van der Waals surface area contributed by atoms with Gasteiger partial charge in [0.05, 0.1) is 6.10 Å². The lowest BCUT2D eigenvalue weighted by molar-refractivity contribution is -0.137. The minimum atomic E-state index is -0.732. The summed E-state index contributed by atoms with van der Waals surface area (Å²) in [4.78, 5) is 10.3. The fourth-order valence-electron chi connectivity index (χ4n) is 2.04. The number of aliphatic hydroxyl groups is 1. The van der Waals surface area contributed by atoms with E-state index in [1.807, 2.05) is 24.3 Å². The Morgan fingerprint density at radius 2 is 1.90 bits per heavy atom. The Hall–Kier alpha value is -1.39. The molecular formula is C16H25NO3. The first-order chi connectivity index (χ1) is 9.63. The van der Waals surface area contributed by atoms with Crippen LogP contribution in [0.3, 0.4) is 0 Å². The van der Waals surface area contributed by atoms with Gasteiger partial charge in [-0.3, -0.25) is 4.79 Å². The van der Waals surface area contributed by atoms with Crippen molar-refractivity contribution < 1.29 is 15.0 Å². The standard InChI is InChI=1S/C16H25NO3/c1-2-13-7-9-14(10-8-13)15(18)12-17-11-5-3-4-6-16(19)20/h7-10,15,17-18H,2-6,11-12H2,1H3,(H,19,20). The smallest absolute Gasteiger partial charge is 0.303 e. The zero-order chi connectivity index (χ0) is 14.8. The van der Waals surface area contributed by atoms with Crippen molar-refractivity contribution in [2.24, 2.45) is 0 Å². The van der Waals surface area contributed by atoms with Crippen LogP contribution in [-0.4, -0.2) is 29.3 Å². The van der Waals surface area contributed by atoms with Crippen molar-refractivity contribution in [3.05, 3.63) is 35.4 Å². The molecule has 0 heterocycles. The van der Waals surface area contributed by atoms with E-state index < -0.39 is 12.1 Å². The summed E-state index contributed by atoms with van der Waals surface area (Å²) in [5, 5.41) is 21.7. The summed E-state index contributed by atoms with van der Waals surface area (Å²) in [5.41, 5.74) is 2.20. The summed E-state index contributed by atoms with van der Waals surface area (Å²) in [6, 6.07) is 8.03. The van der Waals surface area contributed by atoms with Crippen LogP contribution in [0, 0.1) is 0 Å². The number of aryl methyl sites for hydroxylation is 1. The SMILES string of the molecule is CCc1ccc(C(O)CNCCCCCC(=O)O)cc1. The van der Waals surface area contributed by atoms with Gasteiger partial charge in [-0.1, -0.05) is 37.6 Å². The lowest BCUT2D eigenvalue weighted by Gasteiger charge is -2.12. The number of rotatable bonds is 10. The van der Waals surface area contributed by atoms with Gasteiger partial charge in [-0.2, -0.15) is 0 Å². The predicted octanol–water partition coefficient (Wildman–Crippen LogP) is 2.52. The molecule has 0 aliphatic carbocycles. The highest BCUT2D eigenvalue weighted by molar-refractivity contribution is 5.66. The molecule has 1 aromatic rings. The lowest BCUT2D eigenvalue weighted by atomic mass is 10.1. The molecule has 0 fully saturated rings. The molecule has 4 nitrogen and oxygen atoms in total. The van der Waals surface area contributed by atoms with Gasteiger partial charge in [0.15, 0.2) is 0 Å². The fourth-order valence-corrected chi connectivity index (χ4v) is 2.04. The van der Waals surface area contributed by atoms with Crippen molar-refractivity contribution in [2.45, 2.75) is 45.1 Å². The number of hydrogen-bond donors (Lipinski definition) is 3. The van der Waals surface area contributed by atoms with Crippen molar-refractivity contribution in [3.8, 4) is 0 Å². The molecule has 0 aliphatic heterocycles. The maximum atomic E-state index is 10.3. The molecule has 0 bridgehead atoms. The lowest BCUT2D eigenvalue weighted by Crippen LogP contribution is -2.22. The van der Waals surface area contributed by atoms with Gasteiger partial charge in [-0.05, 0) is 36.9 Å². The molecular weight excluding hydrogens is 254 g/mol. The molecule has 1 atom stereocenters. The van der Waals surface area contributed by atoms with Gasteiger partial charge < -0.3 is 15.5 Å². The minimum absolute atomic E-state index is 0.242. The summed E-state index contributed by atoms with van der Waals surface area (Å²) >= 11 is 0. The van der Waals surface area contributed by atoms with Crippen molar-refractivity contribution in [1.82, 2.24) is 5.32 Å². The number of hydrogen-bond acceptors (Lipinski definition) is 3. The van der Waals surface area contributed by atoms with Crippen LogP contribution in [0.25, 0.3) is 0 Å². The van der Waals surface area contributed by atoms with Gasteiger partial charge in [0, 0.05) is 13.0 Å². The van der Waals surface area contributed by atoms with Gasteiger partial charge in [0.1, 0.15) is 0 Å².